The summed E-state index contributed by atoms with van der Waals surface area (Å²) < 4.78 is 44.1. The van der Waals surface area contributed by atoms with Crippen LogP contribution in [-0.4, -0.2) is 91.2 Å². The number of carbonyl (C=O) groups excluding carboxylic acids is 2. The quantitative estimate of drug-likeness (QED) is 0.740. The molecule has 2 atom stereocenters. The van der Waals surface area contributed by atoms with Crippen LogP contribution in [0, 0.1) is 5.92 Å². The molecule has 0 radical (unpaired) electrons. The first-order valence-corrected chi connectivity index (χ1v) is 9.32. The van der Waals surface area contributed by atoms with Crippen molar-refractivity contribution in [2.45, 2.75) is 38.0 Å². The van der Waals surface area contributed by atoms with Crippen LogP contribution in [0.1, 0.15) is 25.7 Å². The van der Waals surface area contributed by atoms with E-state index in [4.69, 9.17) is 4.74 Å². The van der Waals surface area contributed by atoms with Crippen LogP contribution >= 0.6 is 0 Å². The molecule has 9 heteroatoms. The summed E-state index contributed by atoms with van der Waals surface area (Å²) in [4.78, 5) is 29.7. The molecule has 0 aromatic heterocycles. The number of halogens is 3. The van der Waals surface area contributed by atoms with E-state index in [0.717, 1.165) is 12.8 Å². The molecule has 0 N–H and O–H groups in total. The smallest absolute Gasteiger partial charge is 0.368 e. The molecule has 3 rings (SSSR count). The van der Waals surface area contributed by atoms with Crippen molar-refractivity contribution in [2.24, 2.45) is 5.92 Å². The second-order valence-corrected chi connectivity index (χ2v) is 7.32. The average molecular weight is 377 g/mol. The summed E-state index contributed by atoms with van der Waals surface area (Å²) in [7, 11) is 0. The number of likely N-dealkylation sites (tertiary alicyclic amines) is 1. The molecule has 0 spiro atoms. The third kappa shape index (κ3) is 4.68. The Labute approximate surface area is 151 Å². The Kier molecular flexibility index (Phi) is 6.06. The number of ether oxygens (including phenoxy) is 1. The molecule has 6 nitrogen and oxygen atoms in total. The van der Waals surface area contributed by atoms with Gasteiger partial charge in [0.2, 0.25) is 5.91 Å². The van der Waals surface area contributed by atoms with Gasteiger partial charge >= 0.3 is 6.18 Å². The van der Waals surface area contributed by atoms with Gasteiger partial charge in [0.05, 0.1) is 12.5 Å². The van der Waals surface area contributed by atoms with Gasteiger partial charge in [-0.1, -0.05) is 0 Å². The Balaban J connectivity index is 1.44. The maximum absolute atomic E-state index is 12.9. The SMILES string of the molecule is O=C(CN1CCN(C(=O)C2CCCO2)CC1)N1CCCC(C(F)(F)F)C1. The number of amides is 2. The fraction of sp³-hybridized carbons (Fsp3) is 0.882. The summed E-state index contributed by atoms with van der Waals surface area (Å²) in [6, 6.07) is 0. The lowest BCUT2D eigenvalue weighted by molar-refractivity contribution is -0.188. The van der Waals surface area contributed by atoms with Gasteiger partial charge in [-0.3, -0.25) is 14.5 Å². The van der Waals surface area contributed by atoms with E-state index in [1.54, 1.807) is 4.90 Å². The Morgan fingerprint density at radius 3 is 2.31 bits per heavy atom. The van der Waals surface area contributed by atoms with Crippen LogP contribution < -0.4 is 0 Å². The van der Waals surface area contributed by atoms with Crippen LogP contribution in [0.3, 0.4) is 0 Å². The molecule has 3 heterocycles. The van der Waals surface area contributed by atoms with E-state index < -0.39 is 12.1 Å². The van der Waals surface area contributed by atoms with Crippen LogP contribution in [0.25, 0.3) is 0 Å². The Hall–Kier alpha value is -1.35. The second kappa shape index (κ2) is 8.12. The number of rotatable bonds is 3. The van der Waals surface area contributed by atoms with Crippen molar-refractivity contribution in [3.8, 4) is 0 Å². The number of hydrogen-bond acceptors (Lipinski definition) is 4. The molecule has 2 amide bonds. The predicted molar refractivity (Wildman–Crippen MR) is 87.4 cm³/mol. The van der Waals surface area contributed by atoms with E-state index in [-0.39, 0.29) is 37.4 Å². The zero-order valence-corrected chi connectivity index (χ0v) is 14.8. The third-order valence-corrected chi connectivity index (χ3v) is 5.48. The first-order valence-electron chi connectivity index (χ1n) is 9.32. The van der Waals surface area contributed by atoms with Gasteiger partial charge in [0.1, 0.15) is 6.10 Å². The Morgan fingerprint density at radius 2 is 1.69 bits per heavy atom. The number of piperazine rings is 1. The normalized spacial score (nSPS) is 28.4. The van der Waals surface area contributed by atoms with E-state index in [2.05, 4.69) is 0 Å². The monoisotopic (exact) mass is 377 g/mol. The molecule has 0 aliphatic carbocycles. The topological polar surface area (TPSA) is 53.1 Å². The largest absolute Gasteiger partial charge is 0.393 e. The molecule has 3 saturated heterocycles. The highest BCUT2D eigenvalue weighted by molar-refractivity contribution is 5.81. The number of nitrogens with zero attached hydrogens (tertiary/aromatic N) is 3. The number of carbonyl (C=O) groups is 2. The summed E-state index contributed by atoms with van der Waals surface area (Å²) in [6.45, 7) is 3.06. The molecule has 3 aliphatic heterocycles. The minimum atomic E-state index is -4.24. The van der Waals surface area contributed by atoms with Crippen molar-refractivity contribution in [3.05, 3.63) is 0 Å². The van der Waals surface area contributed by atoms with Gasteiger partial charge in [-0.2, -0.15) is 13.2 Å². The molecular formula is C17H26F3N3O3. The Bertz CT molecular complexity index is 515. The third-order valence-electron chi connectivity index (χ3n) is 5.48. The summed E-state index contributed by atoms with van der Waals surface area (Å²) in [5.74, 6) is -1.66. The van der Waals surface area contributed by atoms with Crippen molar-refractivity contribution in [3.63, 3.8) is 0 Å². The summed E-state index contributed by atoms with van der Waals surface area (Å²) in [5.41, 5.74) is 0. The van der Waals surface area contributed by atoms with Crippen molar-refractivity contribution in [1.82, 2.24) is 14.7 Å². The first-order chi connectivity index (χ1) is 12.3. The van der Waals surface area contributed by atoms with Gasteiger partial charge in [0, 0.05) is 45.9 Å². The lowest BCUT2D eigenvalue weighted by atomic mass is 9.97. The van der Waals surface area contributed by atoms with Crippen molar-refractivity contribution in [2.75, 3.05) is 52.4 Å². The van der Waals surface area contributed by atoms with Gasteiger partial charge in [-0.05, 0) is 25.7 Å². The van der Waals surface area contributed by atoms with Gasteiger partial charge < -0.3 is 14.5 Å². The highest BCUT2D eigenvalue weighted by atomic mass is 19.4. The lowest BCUT2D eigenvalue weighted by Gasteiger charge is -2.38. The highest BCUT2D eigenvalue weighted by Gasteiger charge is 2.42. The fourth-order valence-corrected chi connectivity index (χ4v) is 3.86. The zero-order valence-electron chi connectivity index (χ0n) is 14.8. The summed E-state index contributed by atoms with van der Waals surface area (Å²) >= 11 is 0. The summed E-state index contributed by atoms with van der Waals surface area (Å²) in [5, 5.41) is 0. The fourth-order valence-electron chi connectivity index (χ4n) is 3.86. The van der Waals surface area contributed by atoms with Crippen LogP contribution in [0.2, 0.25) is 0 Å². The lowest BCUT2D eigenvalue weighted by Crippen LogP contribution is -2.54. The van der Waals surface area contributed by atoms with Gasteiger partial charge in [0.25, 0.3) is 5.91 Å². The molecule has 3 aliphatic rings. The molecule has 0 saturated carbocycles. The van der Waals surface area contributed by atoms with Crippen molar-refractivity contribution < 1.29 is 27.5 Å². The van der Waals surface area contributed by atoms with E-state index in [0.29, 0.717) is 45.8 Å². The number of hydrogen-bond donors (Lipinski definition) is 0. The molecular weight excluding hydrogens is 351 g/mol. The van der Waals surface area contributed by atoms with Crippen LogP contribution in [-0.2, 0) is 14.3 Å². The molecule has 0 aromatic carbocycles. The molecule has 0 aromatic rings. The van der Waals surface area contributed by atoms with E-state index in [1.165, 1.54) is 4.90 Å². The predicted octanol–water partition coefficient (Wildman–Crippen LogP) is 1.11. The van der Waals surface area contributed by atoms with Crippen LogP contribution in [0.4, 0.5) is 13.2 Å². The van der Waals surface area contributed by atoms with E-state index in [9.17, 15) is 22.8 Å². The minimum absolute atomic E-state index is 0.0116. The number of piperidine rings is 1. The van der Waals surface area contributed by atoms with E-state index in [1.807, 2.05) is 4.90 Å². The van der Waals surface area contributed by atoms with Crippen molar-refractivity contribution >= 4 is 11.8 Å². The highest BCUT2D eigenvalue weighted by Crippen LogP contribution is 2.33. The van der Waals surface area contributed by atoms with Gasteiger partial charge in [-0.15, -0.1) is 0 Å². The molecule has 3 fully saturated rings. The standard InChI is InChI=1S/C17H26F3N3O3/c18-17(19,20)13-3-1-5-23(11-13)15(24)12-21-6-8-22(9-7-21)16(25)14-4-2-10-26-14/h13-14H,1-12H2. The number of alkyl halides is 3. The van der Waals surface area contributed by atoms with E-state index >= 15 is 0 Å². The van der Waals surface area contributed by atoms with Crippen molar-refractivity contribution in [1.29, 1.82) is 0 Å². The molecule has 2 unspecified atom stereocenters. The molecule has 26 heavy (non-hydrogen) atoms. The summed E-state index contributed by atoms with van der Waals surface area (Å²) in [6.07, 6.45) is -2.44. The zero-order chi connectivity index (χ0) is 18.7. The second-order valence-electron chi connectivity index (χ2n) is 7.32. The van der Waals surface area contributed by atoms with Crippen LogP contribution in [0.15, 0.2) is 0 Å². The minimum Gasteiger partial charge on any atom is -0.368 e. The van der Waals surface area contributed by atoms with Gasteiger partial charge in [-0.25, -0.2) is 0 Å². The maximum atomic E-state index is 12.9. The Morgan fingerprint density at radius 1 is 0.962 bits per heavy atom. The van der Waals surface area contributed by atoms with Gasteiger partial charge in [0.15, 0.2) is 0 Å². The average Bonchev–Trinajstić information content (AvgIpc) is 3.16. The van der Waals surface area contributed by atoms with Crippen LogP contribution in [0.5, 0.6) is 0 Å². The molecule has 0 bridgehead atoms. The maximum Gasteiger partial charge on any atom is 0.393 e. The molecule has 148 valence electrons. The first kappa shape index (κ1) is 19.4.